The average Bonchev–Trinajstić information content (AvgIpc) is 2.34. The summed E-state index contributed by atoms with van der Waals surface area (Å²) in [5.74, 6) is -1.11. The van der Waals surface area contributed by atoms with Crippen LogP contribution in [0.1, 0.15) is 58.8 Å². The number of carboxylic acid groups (broad SMARTS) is 1. The molecule has 0 amide bonds. The minimum atomic E-state index is -1.46. The Hall–Kier alpha value is -1.57. The van der Waals surface area contributed by atoms with Gasteiger partial charge < -0.3 is 24.6 Å². The van der Waals surface area contributed by atoms with E-state index in [1.807, 2.05) is 0 Å². The van der Waals surface area contributed by atoms with Crippen LogP contribution in [0.25, 0.3) is 0 Å². The van der Waals surface area contributed by atoms with Crippen LogP contribution in [0.5, 0.6) is 5.75 Å². The first-order valence-electron chi connectivity index (χ1n) is 7.79. The standard InChI is InChI=1S/C17H27BO6/c1-15(2,3)23-13-11(14(19)20)9-8-10-12(13)18(22)24-17(6,7)16(4,5)21/h8-10,21-22H,1-7H3,(H,19,20). The van der Waals surface area contributed by atoms with E-state index in [4.69, 9.17) is 9.39 Å². The summed E-state index contributed by atoms with van der Waals surface area (Å²) in [5, 5.41) is 30.1. The molecule has 6 nitrogen and oxygen atoms in total. The van der Waals surface area contributed by atoms with Crippen molar-refractivity contribution in [2.45, 2.75) is 65.3 Å². The van der Waals surface area contributed by atoms with Gasteiger partial charge in [0.15, 0.2) is 0 Å². The van der Waals surface area contributed by atoms with Gasteiger partial charge in [0, 0.05) is 5.46 Å². The zero-order valence-corrected chi connectivity index (χ0v) is 15.4. The van der Waals surface area contributed by atoms with Crippen molar-refractivity contribution < 1.29 is 29.4 Å². The average molecular weight is 338 g/mol. The number of carboxylic acids is 1. The van der Waals surface area contributed by atoms with E-state index in [1.165, 1.54) is 12.1 Å². The Morgan fingerprint density at radius 2 is 1.62 bits per heavy atom. The van der Waals surface area contributed by atoms with Gasteiger partial charge >= 0.3 is 13.1 Å². The summed E-state index contributed by atoms with van der Waals surface area (Å²) in [7, 11) is -1.46. The third-order valence-corrected chi connectivity index (χ3v) is 3.83. The van der Waals surface area contributed by atoms with Crippen LogP contribution in [0.3, 0.4) is 0 Å². The van der Waals surface area contributed by atoms with Gasteiger partial charge in [-0.3, -0.25) is 0 Å². The zero-order chi connectivity index (χ0) is 18.9. The van der Waals surface area contributed by atoms with Crippen LogP contribution in [0.2, 0.25) is 0 Å². The van der Waals surface area contributed by atoms with Crippen molar-refractivity contribution in [1.29, 1.82) is 0 Å². The Morgan fingerprint density at radius 1 is 1.08 bits per heavy atom. The third kappa shape index (κ3) is 4.96. The van der Waals surface area contributed by atoms with E-state index in [0.29, 0.717) is 0 Å². The molecule has 0 radical (unpaired) electrons. The topological polar surface area (TPSA) is 96.2 Å². The Labute approximate surface area is 143 Å². The molecular formula is C17H27BO6. The molecule has 0 heterocycles. The molecule has 0 bridgehead atoms. The summed E-state index contributed by atoms with van der Waals surface area (Å²) in [5.41, 5.74) is -2.83. The van der Waals surface area contributed by atoms with Crippen LogP contribution in [0.15, 0.2) is 18.2 Å². The first kappa shape index (κ1) is 20.5. The highest BCUT2D eigenvalue weighted by atomic mass is 16.6. The molecule has 0 aliphatic rings. The van der Waals surface area contributed by atoms with Crippen molar-refractivity contribution in [3.63, 3.8) is 0 Å². The fraction of sp³-hybridized carbons (Fsp3) is 0.588. The van der Waals surface area contributed by atoms with Crippen LogP contribution in [-0.4, -0.2) is 45.1 Å². The number of hydrogen-bond acceptors (Lipinski definition) is 5. The number of carbonyl (C=O) groups is 1. The fourth-order valence-electron chi connectivity index (χ4n) is 1.82. The second-order valence-electron chi connectivity index (χ2n) is 7.78. The van der Waals surface area contributed by atoms with Gasteiger partial charge in [-0.2, -0.15) is 0 Å². The SMILES string of the molecule is CC(C)(C)Oc1c(B(O)OC(C)(C)C(C)(C)O)cccc1C(=O)O. The van der Waals surface area contributed by atoms with Gasteiger partial charge in [0.05, 0.1) is 11.2 Å². The van der Waals surface area contributed by atoms with Gasteiger partial charge in [-0.25, -0.2) is 4.79 Å². The molecule has 0 aromatic heterocycles. The van der Waals surface area contributed by atoms with E-state index in [9.17, 15) is 20.0 Å². The van der Waals surface area contributed by atoms with Gasteiger partial charge in [0.2, 0.25) is 0 Å². The summed E-state index contributed by atoms with van der Waals surface area (Å²) in [4.78, 5) is 11.5. The Kier molecular flexibility index (Phi) is 5.75. The number of para-hydroxylation sites is 1. The molecule has 0 unspecified atom stereocenters. The Bertz CT molecular complexity index is 598. The summed E-state index contributed by atoms with van der Waals surface area (Å²) in [6.45, 7) is 11.8. The highest BCUT2D eigenvalue weighted by Gasteiger charge is 2.41. The summed E-state index contributed by atoms with van der Waals surface area (Å²) < 4.78 is 11.4. The van der Waals surface area contributed by atoms with Crippen molar-refractivity contribution in [1.82, 2.24) is 0 Å². The van der Waals surface area contributed by atoms with Crippen LogP contribution in [0, 0.1) is 0 Å². The van der Waals surface area contributed by atoms with Crippen LogP contribution in [0.4, 0.5) is 0 Å². The minimum Gasteiger partial charge on any atom is -0.488 e. The van der Waals surface area contributed by atoms with Crippen LogP contribution < -0.4 is 10.2 Å². The van der Waals surface area contributed by atoms with Crippen LogP contribution >= 0.6 is 0 Å². The molecule has 0 fully saturated rings. The summed E-state index contributed by atoms with van der Waals surface area (Å²) in [6, 6.07) is 4.46. The van der Waals surface area contributed by atoms with Gasteiger partial charge in [-0.1, -0.05) is 12.1 Å². The van der Waals surface area contributed by atoms with E-state index < -0.39 is 29.9 Å². The second kappa shape index (κ2) is 6.74. The van der Waals surface area contributed by atoms with Gasteiger partial charge in [-0.15, -0.1) is 0 Å². The van der Waals surface area contributed by atoms with Gasteiger partial charge in [0.25, 0.3) is 0 Å². The summed E-state index contributed by atoms with van der Waals surface area (Å²) >= 11 is 0. The molecule has 0 saturated heterocycles. The largest absolute Gasteiger partial charge is 0.495 e. The van der Waals surface area contributed by atoms with E-state index in [1.54, 1.807) is 54.5 Å². The molecule has 7 heteroatoms. The van der Waals surface area contributed by atoms with E-state index in [2.05, 4.69) is 0 Å². The minimum absolute atomic E-state index is 0.0524. The maximum absolute atomic E-state index is 11.5. The highest BCUT2D eigenvalue weighted by Crippen LogP contribution is 2.27. The normalized spacial score (nSPS) is 12.9. The lowest BCUT2D eigenvalue weighted by Gasteiger charge is -2.38. The lowest BCUT2D eigenvalue weighted by molar-refractivity contribution is -0.0983. The van der Waals surface area contributed by atoms with Crippen molar-refractivity contribution in [2.75, 3.05) is 0 Å². The van der Waals surface area contributed by atoms with Gasteiger partial charge in [0.1, 0.15) is 16.9 Å². The predicted octanol–water partition coefficient (Wildman–Crippen LogP) is 1.82. The monoisotopic (exact) mass is 338 g/mol. The van der Waals surface area contributed by atoms with Crippen molar-refractivity contribution in [3.05, 3.63) is 23.8 Å². The predicted molar refractivity (Wildman–Crippen MR) is 92.9 cm³/mol. The number of benzene rings is 1. The molecule has 0 atom stereocenters. The Morgan fingerprint density at radius 3 is 2.04 bits per heavy atom. The number of aromatic carboxylic acids is 1. The first-order chi connectivity index (χ1) is 10.7. The van der Waals surface area contributed by atoms with Crippen molar-refractivity contribution in [3.8, 4) is 5.75 Å². The number of ether oxygens (including phenoxy) is 1. The number of aliphatic hydroxyl groups is 1. The maximum Gasteiger partial charge on any atom is 0.495 e. The molecule has 3 N–H and O–H groups in total. The van der Waals surface area contributed by atoms with E-state index in [-0.39, 0.29) is 16.8 Å². The summed E-state index contributed by atoms with van der Waals surface area (Å²) in [6.07, 6.45) is 0. The molecule has 24 heavy (non-hydrogen) atoms. The van der Waals surface area contributed by atoms with E-state index >= 15 is 0 Å². The Balaban J connectivity index is 3.32. The smallest absolute Gasteiger partial charge is 0.488 e. The fourth-order valence-corrected chi connectivity index (χ4v) is 1.82. The van der Waals surface area contributed by atoms with Crippen LogP contribution in [-0.2, 0) is 4.65 Å². The quantitative estimate of drug-likeness (QED) is 0.685. The number of hydrogen-bond donors (Lipinski definition) is 3. The highest BCUT2D eigenvalue weighted by molar-refractivity contribution is 6.61. The molecule has 0 aliphatic carbocycles. The van der Waals surface area contributed by atoms with Gasteiger partial charge in [-0.05, 0) is 54.5 Å². The molecule has 0 saturated carbocycles. The van der Waals surface area contributed by atoms with Crippen molar-refractivity contribution in [2.24, 2.45) is 0 Å². The molecule has 1 rings (SSSR count). The molecular weight excluding hydrogens is 311 g/mol. The number of rotatable bonds is 6. The first-order valence-corrected chi connectivity index (χ1v) is 7.79. The lowest BCUT2D eigenvalue weighted by Crippen LogP contribution is -2.53. The molecule has 1 aromatic carbocycles. The maximum atomic E-state index is 11.5. The molecule has 1 aromatic rings. The van der Waals surface area contributed by atoms with Crippen molar-refractivity contribution >= 4 is 18.6 Å². The molecule has 0 aliphatic heterocycles. The third-order valence-electron chi connectivity index (χ3n) is 3.83. The molecule has 134 valence electrons. The zero-order valence-electron chi connectivity index (χ0n) is 15.4. The van der Waals surface area contributed by atoms with E-state index in [0.717, 1.165) is 0 Å². The second-order valence-corrected chi connectivity index (χ2v) is 7.78. The lowest BCUT2D eigenvalue weighted by atomic mass is 9.75. The molecule has 0 spiro atoms.